The number of aliphatic imine (C=N–C) groups is 1. The molecule has 1 atom stereocenters. The maximum absolute atomic E-state index is 13.0. The Kier molecular flexibility index (Phi) is 2.99. The van der Waals surface area contributed by atoms with Gasteiger partial charge in [0.1, 0.15) is 5.82 Å². The number of benzene rings is 1. The lowest BCUT2D eigenvalue weighted by Crippen LogP contribution is -2.29. The van der Waals surface area contributed by atoms with Crippen molar-refractivity contribution in [2.24, 2.45) is 10.9 Å². The summed E-state index contributed by atoms with van der Waals surface area (Å²) in [6.45, 7) is 1.84. The smallest absolute Gasteiger partial charge is 0.322 e. The monoisotopic (exact) mass is 235 g/mol. The predicted octanol–water partition coefficient (Wildman–Crippen LogP) is 1.90. The molecule has 0 bridgehead atoms. The van der Waals surface area contributed by atoms with Crippen molar-refractivity contribution in [2.75, 3.05) is 6.61 Å². The van der Waals surface area contributed by atoms with Gasteiger partial charge in [0.05, 0.1) is 12.3 Å². The van der Waals surface area contributed by atoms with Crippen molar-refractivity contribution in [2.45, 2.75) is 6.92 Å². The quantitative estimate of drug-likeness (QED) is 0.581. The molecule has 1 aliphatic rings. The number of esters is 1. The minimum Gasteiger partial charge on any atom is -0.465 e. The lowest BCUT2D eigenvalue weighted by Gasteiger charge is -2.15. The van der Waals surface area contributed by atoms with Crippen molar-refractivity contribution >= 4 is 23.7 Å². The third-order valence-electron chi connectivity index (χ3n) is 2.41. The fraction of sp³-hybridized carbons (Fsp3) is 0.250. The average Bonchev–Trinajstić information content (AvgIpc) is 2.30. The third-order valence-corrected chi connectivity index (χ3v) is 2.41. The van der Waals surface area contributed by atoms with Gasteiger partial charge >= 0.3 is 5.97 Å². The van der Waals surface area contributed by atoms with E-state index in [-0.39, 0.29) is 12.2 Å². The predicted molar refractivity (Wildman–Crippen MR) is 59.0 cm³/mol. The number of halogens is 1. The minimum atomic E-state index is -1.07. The fourth-order valence-corrected chi connectivity index (χ4v) is 1.61. The number of fused-ring (bicyclic) bond motifs is 1. The van der Waals surface area contributed by atoms with E-state index in [1.807, 2.05) is 0 Å². The van der Waals surface area contributed by atoms with Gasteiger partial charge in [-0.15, -0.1) is 0 Å². The molecule has 0 fully saturated rings. The third kappa shape index (κ3) is 2.08. The van der Waals surface area contributed by atoms with Crippen LogP contribution in [0.5, 0.6) is 0 Å². The van der Waals surface area contributed by atoms with Crippen molar-refractivity contribution in [3.8, 4) is 0 Å². The van der Waals surface area contributed by atoms with Crippen LogP contribution < -0.4 is 0 Å². The second-order valence-electron chi connectivity index (χ2n) is 3.53. The van der Waals surface area contributed by atoms with E-state index in [1.54, 1.807) is 6.92 Å². The zero-order chi connectivity index (χ0) is 12.4. The summed E-state index contributed by atoms with van der Waals surface area (Å²) in [5.41, 5.74) is 0.488. The van der Waals surface area contributed by atoms with Gasteiger partial charge in [0.25, 0.3) is 0 Å². The molecule has 1 aliphatic heterocycles. The maximum Gasteiger partial charge on any atom is 0.322 e. The number of ketones is 1. The highest BCUT2D eigenvalue weighted by Gasteiger charge is 2.31. The summed E-state index contributed by atoms with van der Waals surface area (Å²) in [5.74, 6) is -2.73. The minimum absolute atomic E-state index is 0.116. The summed E-state index contributed by atoms with van der Waals surface area (Å²) in [4.78, 5) is 27.4. The van der Waals surface area contributed by atoms with Gasteiger partial charge in [0.15, 0.2) is 11.7 Å². The van der Waals surface area contributed by atoms with Crippen molar-refractivity contribution in [3.63, 3.8) is 0 Å². The van der Waals surface area contributed by atoms with Crippen molar-refractivity contribution in [1.29, 1.82) is 0 Å². The first-order valence-corrected chi connectivity index (χ1v) is 5.18. The molecule has 1 aromatic carbocycles. The summed E-state index contributed by atoms with van der Waals surface area (Å²) in [5, 5.41) is 0. The zero-order valence-electron chi connectivity index (χ0n) is 9.14. The standard InChI is InChI=1S/C12H10FNO3/c1-2-17-12(16)9-6-14-10-4-3-7(13)5-8(10)11(9)15/h3-6,9H,2H2,1H3. The molecule has 17 heavy (non-hydrogen) atoms. The van der Waals surface area contributed by atoms with E-state index in [0.29, 0.717) is 5.69 Å². The summed E-state index contributed by atoms with van der Waals surface area (Å²) >= 11 is 0. The molecule has 1 aromatic rings. The molecule has 1 unspecified atom stereocenters. The Labute approximate surface area is 97.1 Å². The SMILES string of the molecule is CCOC(=O)C1C=Nc2ccc(F)cc2C1=O. The van der Waals surface area contributed by atoms with Crippen LogP contribution in [0.25, 0.3) is 0 Å². The normalized spacial score (nSPS) is 17.8. The molecule has 0 spiro atoms. The molecule has 0 aliphatic carbocycles. The van der Waals surface area contributed by atoms with E-state index >= 15 is 0 Å². The largest absolute Gasteiger partial charge is 0.465 e. The van der Waals surface area contributed by atoms with Crippen molar-refractivity contribution in [1.82, 2.24) is 0 Å². The van der Waals surface area contributed by atoms with Gasteiger partial charge in [-0.25, -0.2) is 4.39 Å². The second-order valence-corrected chi connectivity index (χ2v) is 3.53. The number of carbonyl (C=O) groups excluding carboxylic acids is 2. The number of rotatable bonds is 2. The molecular weight excluding hydrogens is 225 g/mol. The van der Waals surface area contributed by atoms with Crippen LogP contribution in [0.1, 0.15) is 17.3 Å². The Morgan fingerprint density at radius 3 is 3.00 bits per heavy atom. The Morgan fingerprint density at radius 1 is 1.53 bits per heavy atom. The van der Waals surface area contributed by atoms with Gasteiger partial charge in [0.2, 0.25) is 0 Å². The van der Waals surface area contributed by atoms with E-state index in [0.717, 1.165) is 6.07 Å². The molecule has 4 nitrogen and oxygen atoms in total. The van der Waals surface area contributed by atoms with Gasteiger partial charge in [-0.1, -0.05) is 0 Å². The highest BCUT2D eigenvalue weighted by Crippen LogP contribution is 2.27. The zero-order valence-corrected chi connectivity index (χ0v) is 9.14. The van der Waals surface area contributed by atoms with Crippen LogP contribution in [-0.4, -0.2) is 24.6 Å². The summed E-state index contributed by atoms with van der Waals surface area (Å²) < 4.78 is 17.8. The molecule has 0 amide bonds. The molecule has 2 rings (SSSR count). The molecule has 5 heteroatoms. The van der Waals surface area contributed by atoms with E-state index in [1.165, 1.54) is 18.3 Å². The fourth-order valence-electron chi connectivity index (χ4n) is 1.61. The number of hydrogen-bond acceptors (Lipinski definition) is 4. The van der Waals surface area contributed by atoms with Gasteiger partial charge in [-0.05, 0) is 25.1 Å². The van der Waals surface area contributed by atoms with Crippen LogP contribution in [0.2, 0.25) is 0 Å². The Hall–Kier alpha value is -2.04. The van der Waals surface area contributed by atoms with Gasteiger partial charge in [-0.2, -0.15) is 0 Å². The van der Waals surface area contributed by atoms with Crippen molar-refractivity contribution in [3.05, 3.63) is 29.6 Å². The number of carbonyl (C=O) groups is 2. The Bertz CT molecular complexity index is 510. The molecule has 0 saturated heterocycles. The van der Waals surface area contributed by atoms with Gasteiger partial charge in [-0.3, -0.25) is 14.6 Å². The highest BCUT2D eigenvalue weighted by atomic mass is 19.1. The summed E-state index contributed by atoms with van der Waals surface area (Å²) in [7, 11) is 0. The first kappa shape index (κ1) is 11.4. The van der Waals surface area contributed by atoms with Crippen LogP contribution >= 0.6 is 0 Å². The van der Waals surface area contributed by atoms with Crippen LogP contribution in [0.4, 0.5) is 10.1 Å². The molecular formula is C12H10FNO3. The van der Waals surface area contributed by atoms with Crippen LogP contribution in [0.15, 0.2) is 23.2 Å². The molecule has 0 saturated carbocycles. The molecule has 0 aromatic heterocycles. The van der Waals surface area contributed by atoms with E-state index in [9.17, 15) is 14.0 Å². The number of nitrogens with zero attached hydrogens (tertiary/aromatic N) is 1. The highest BCUT2D eigenvalue weighted by molar-refractivity contribution is 6.22. The van der Waals surface area contributed by atoms with E-state index in [2.05, 4.69) is 4.99 Å². The first-order chi connectivity index (χ1) is 8.13. The lowest BCUT2D eigenvalue weighted by atomic mass is 9.94. The average molecular weight is 235 g/mol. The Morgan fingerprint density at radius 2 is 2.29 bits per heavy atom. The second kappa shape index (κ2) is 4.45. The van der Waals surface area contributed by atoms with Gasteiger partial charge < -0.3 is 4.74 Å². The van der Waals surface area contributed by atoms with Crippen LogP contribution in [-0.2, 0) is 9.53 Å². The molecule has 1 heterocycles. The lowest BCUT2D eigenvalue weighted by molar-refractivity contribution is -0.143. The molecule has 0 radical (unpaired) electrons. The maximum atomic E-state index is 13.0. The molecule has 0 N–H and O–H groups in total. The van der Waals surface area contributed by atoms with Gasteiger partial charge in [0, 0.05) is 11.8 Å². The molecule has 88 valence electrons. The number of hydrogen-bond donors (Lipinski definition) is 0. The van der Waals surface area contributed by atoms with Crippen molar-refractivity contribution < 1.29 is 18.7 Å². The van der Waals surface area contributed by atoms with Crippen LogP contribution in [0.3, 0.4) is 0 Å². The number of ether oxygens (including phenoxy) is 1. The Balaban J connectivity index is 2.35. The van der Waals surface area contributed by atoms with Crippen LogP contribution in [0, 0.1) is 11.7 Å². The summed E-state index contributed by atoms with van der Waals surface area (Å²) in [6, 6.07) is 3.70. The van der Waals surface area contributed by atoms with E-state index in [4.69, 9.17) is 4.74 Å². The van der Waals surface area contributed by atoms with E-state index < -0.39 is 23.5 Å². The summed E-state index contributed by atoms with van der Waals surface area (Å²) in [6.07, 6.45) is 1.24. The topological polar surface area (TPSA) is 55.7 Å². The number of Topliss-reactive ketones (excluding diaryl/α,β-unsaturated/α-hetero) is 1. The first-order valence-electron chi connectivity index (χ1n) is 5.18.